The molecule has 0 aromatic heterocycles. The number of nitrogens with one attached hydrogen (secondary N) is 1. The van der Waals surface area contributed by atoms with Crippen molar-refractivity contribution in [1.29, 1.82) is 5.41 Å². The van der Waals surface area contributed by atoms with Crippen LogP contribution in [0, 0.1) is 5.41 Å². The van der Waals surface area contributed by atoms with Crippen molar-refractivity contribution in [3.05, 3.63) is 29.3 Å². The summed E-state index contributed by atoms with van der Waals surface area (Å²) in [6.07, 6.45) is 1.04. The minimum Gasteiger partial charge on any atom is -0.465 e. The van der Waals surface area contributed by atoms with Crippen molar-refractivity contribution in [3.63, 3.8) is 0 Å². The number of anilines is 1. The molecule has 13 heavy (non-hydrogen) atoms. The number of nitrogens with two attached hydrogens (primary N) is 1. The van der Waals surface area contributed by atoms with Crippen LogP contribution >= 0.6 is 0 Å². The Hall–Kier alpha value is -1.84. The van der Waals surface area contributed by atoms with Gasteiger partial charge in [-0.2, -0.15) is 0 Å². The predicted octanol–water partition coefficient (Wildman–Crippen LogP) is 1.05. The first-order valence-corrected chi connectivity index (χ1v) is 3.68. The number of carbonyl (C=O) groups excluding carboxylic acids is 1. The van der Waals surface area contributed by atoms with Crippen molar-refractivity contribution in [2.24, 2.45) is 0 Å². The van der Waals surface area contributed by atoms with Crippen molar-refractivity contribution in [1.82, 2.24) is 0 Å². The third-order valence-electron chi connectivity index (χ3n) is 1.69. The number of hydrogen-bond donors (Lipinski definition) is 2. The van der Waals surface area contributed by atoms with Gasteiger partial charge in [0.1, 0.15) is 0 Å². The van der Waals surface area contributed by atoms with Crippen LogP contribution in [0.25, 0.3) is 0 Å². The first-order valence-electron chi connectivity index (χ1n) is 3.68. The Morgan fingerprint density at radius 2 is 2.31 bits per heavy atom. The van der Waals surface area contributed by atoms with Crippen molar-refractivity contribution in [2.45, 2.75) is 0 Å². The zero-order valence-electron chi connectivity index (χ0n) is 7.20. The summed E-state index contributed by atoms with van der Waals surface area (Å²) in [6, 6.07) is 4.85. The van der Waals surface area contributed by atoms with E-state index >= 15 is 0 Å². The molecule has 0 aliphatic heterocycles. The molecular formula is C9H10N2O2. The zero-order chi connectivity index (χ0) is 9.84. The molecule has 68 valence electrons. The molecule has 0 aliphatic rings. The zero-order valence-corrected chi connectivity index (χ0v) is 7.20. The molecule has 0 radical (unpaired) electrons. The van der Waals surface area contributed by atoms with E-state index in [2.05, 4.69) is 4.74 Å². The molecule has 0 bridgehead atoms. The van der Waals surface area contributed by atoms with Crippen LogP contribution in [0.3, 0.4) is 0 Å². The largest absolute Gasteiger partial charge is 0.465 e. The van der Waals surface area contributed by atoms with E-state index < -0.39 is 5.97 Å². The highest BCUT2D eigenvalue weighted by atomic mass is 16.5. The Bertz CT molecular complexity index is 347. The summed E-state index contributed by atoms with van der Waals surface area (Å²) in [6.45, 7) is 0. The number of carbonyl (C=O) groups is 1. The predicted molar refractivity (Wildman–Crippen MR) is 50.1 cm³/mol. The summed E-state index contributed by atoms with van der Waals surface area (Å²) in [4.78, 5) is 11.2. The van der Waals surface area contributed by atoms with E-state index in [0.717, 1.165) is 6.21 Å². The van der Waals surface area contributed by atoms with Gasteiger partial charge in [0.2, 0.25) is 0 Å². The molecule has 1 aromatic rings. The summed E-state index contributed by atoms with van der Waals surface area (Å²) >= 11 is 0. The average molecular weight is 178 g/mol. The Morgan fingerprint density at radius 3 is 2.85 bits per heavy atom. The fourth-order valence-electron chi connectivity index (χ4n) is 1.03. The summed E-state index contributed by atoms with van der Waals surface area (Å²) in [5.74, 6) is -0.481. The smallest absolute Gasteiger partial charge is 0.338 e. The quantitative estimate of drug-likeness (QED) is 0.403. The lowest BCUT2D eigenvalue weighted by atomic mass is 10.1. The fraction of sp³-hybridized carbons (Fsp3) is 0.111. The lowest BCUT2D eigenvalue weighted by Gasteiger charge is -2.05. The van der Waals surface area contributed by atoms with Crippen LogP contribution in [0.2, 0.25) is 0 Å². The molecular weight excluding hydrogens is 168 g/mol. The van der Waals surface area contributed by atoms with Gasteiger partial charge in [-0.05, 0) is 12.1 Å². The van der Waals surface area contributed by atoms with Gasteiger partial charge in [-0.15, -0.1) is 0 Å². The number of esters is 1. The number of benzene rings is 1. The molecule has 4 heteroatoms. The van der Waals surface area contributed by atoms with Gasteiger partial charge in [0.15, 0.2) is 0 Å². The molecule has 0 heterocycles. The van der Waals surface area contributed by atoms with E-state index in [-0.39, 0.29) is 0 Å². The van der Waals surface area contributed by atoms with Crippen LogP contribution in [0.15, 0.2) is 18.2 Å². The van der Waals surface area contributed by atoms with Gasteiger partial charge < -0.3 is 15.9 Å². The van der Waals surface area contributed by atoms with E-state index in [9.17, 15) is 4.79 Å². The van der Waals surface area contributed by atoms with E-state index in [1.165, 1.54) is 7.11 Å². The Balaban J connectivity index is 3.28. The maximum atomic E-state index is 11.2. The highest BCUT2D eigenvalue weighted by Crippen LogP contribution is 2.15. The van der Waals surface area contributed by atoms with E-state index in [0.29, 0.717) is 16.8 Å². The van der Waals surface area contributed by atoms with Crippen molar-refractivity contribution in [2.75, 3.05) is 12.8 Å². The van der Waals surface area contributed by atoms with Crippen molar-refractivity contribution < 1.29 is 9.53 Å². The summed E-state index contributed by atoms with van der Waals surface area (Å²) in [5.41, 5.74) is 6.68. The second-order valence-corrected chi connectivity index (χ2v) is 2.44. The lowest BCUT2D eigenvalue weighted by Crippen LogP contribution is -2.07. The highest BCUT2D eigenvalue weighted by molar-refractivity contribution is 6.02. The van der Waals surface area contributed by atoms with Crippen molar-refractivity contribution >= 4 is 17.9 Å². The molecule has 1 rings (SSSR count). The topological polar surface area (TPSA) is 76.2 Å². The van der Waals surface area contributed by atoms with Gasteiger partial charge in [0.25, 0.3) is 0 Å². The molecule has 0 saturated heterocycles. The Labute approximate surface area is 75.8 Å². The van der Waals surface area contributed by atoms with Crippen LogP contribution < -0.4 is 5.73 Å². The maximum Gasteiger partial charge on any atom is 0.338 e. The Kier molecular flexibility index (Phi) is 2.64. The maximum absolute atomic E-state index is 11.2. The SMILES string of the molecule is COC(=O)c1cccc(N)c1C=N. The number of nitrogen functional groups attached to an aromatic ring is 1. The lowest BCUT2D eigenvalue weighted by molar-refractivity contribution is 0.0600. The van der Waals surface area contributed by atoms with Crippen molar-refractivity contribution in [3.8, 4) is 0 Å². The fourth-order valence-corrected chi connectivity index (χ4v) is 1.03. The molecule has 0 amide bonds. The molecule has 4 nitrogen and oxygen atoms in total. The molecule has 0 spiro atoms. The second kappa shape index (κ2) is 3.71. The monoisotopic (exact) mass is 178 g/mol. The normalized spacial score (nSPS) is 9.31. The third-order valence-corrected chi connectivity index (χ3v) is 1.69. The Morgan fingerprint density at radius 1 is 1.62 bits per heavy atom. The van der Waals surface area contributed by atoms with Crippen LogP contribution in [-0.2, 0) is 4.74 Å². The number of rotatable bonds is 2. The standard InChI is InChI=1S/C9H10N2O2/c1-13-9(12)6-3-2-4-8(11)7(6)5-10/h2-5,10H,11H2,1H3. The highest BCUT2D eigenvalue weighted by Gasteiger charge is 2.11. The van der Waals surface area contributed by atoms with Crippen LogP contribution in [-0.4, -0.2) is 19.3 Å². The van der Waals surface area contributed by atoms with Crippen LogP contribution in [0.4, 0.5) is 5.69 Å². The van der Waals surface area contributed by atoms with E-state index in [1.807, 2.05) is 0 Å². The van der Waals surface area contributed by atoms with Gasteiger partial charge in [0.05, 0.1) is 12.7 Å². The van der Waals surface area contributed by atoms with Gasteiger partial charge in [-0.3, -0.25) is 0 Å². The minimum atomic E-state index is -0.481. The van der Waals surface area contributed by atoms with E-state index in [1.54, 1.807) is 18.2 Å². The third kappa shape index (κ3) is 1.66. The number of hydrogen-bond acceptors (Lipinski definition) is 4. The minimum absolute atomic E-state index is 0.317. The number of methoxy groups -OCH3 is 1. The molecule has 1 aromatic carbocycles. The molecule has 0 fully saturated rings. The summed E-state index contributed by atoms with van der Waals surface area (Å²) in [5, 5.41) is 7.08. The molecule has 0 atom stereocenters. The first-order chi connectivity index (χ1) is 6.20. The number of ether oxygens (including phenoxy) is 1. The summed E-state index contributed by atoms with van der Waals surface area (Å²) in [7, 11) is 1.29. The summed E-state index contributed by atoms with van der Waals surface area (Å²) < 4.78 is 4.54. The average Bonchev–Trinajstić information content (AvgIpc) is 2.16. The van der Waals surface area contributed by atoms with Gasteiger partial charge in [0, 0.05) is 17.5 Å². The van der Waals surface area contributed by atoms with Crippen LogP contribution in [0.5, 0.6) is 0 Å². The van der Waals surface area contributed by atoms with E-state index in [4.69, 9.17) is 11.1 Å². The molecule has 3 N–H and O–H groups in total. The van der Waals surface area contributed by atoms with Gasteiger partial charge >= 0.3 is 5.97 Å². The van der Waals surface area contributed by atoms with Gasteiger partial charge in [-0.1, -0.05) is 6.07 Å². The first kappa shape index (κ1) is 9.25. The van der Waals surface area contributed by atoms with Crippen LogP contribution in [0.1, 0.15) is 15.9 Å². The van der Waals surface area contributed by atoms with Gasteiger partial charge in [-0.25, -0.2) is 4.79 Å². The molecule has 0 aliphatic carbocycles. The molecule has 0 unspecified atom stereocenters. The second-order valence-electron chi connectivity index (χ2n) is 2.44. The molecule has 0 saturated carbocycles.